The number of carbonyl (C=O) groups is 2. The zero-order valence-electron chi connectivity index (χ0n) is 12.7. The number of aromatic nitrogens is 1. The fourth-order valence-electron chi connectivity index (χ4n) is 1.82. The Labute approximate surface area is 138 Å². The quantitative estimate of drug-likeness (QED) is 0.703. The van der Waals surface area contributed by atoms with Gasteiger partial charge < -0.3 is 9.84 Å². The van der Waals surface area contributed by atoms with E-state index in [1.54, 1.807) is 37.3 Å². The van der Waals surface area contributed by atoms with Gasteiger partial charge in [-0.15, -0.1) is 0 Å². The normalized spacial score (nSPS) is 11.8. The van der Waals surface area contributed by atoms with E-state index < -0.39 is 6.04 Å². The highest BCUT2D eigenvalue weighted by molar-refractivity contribution is 6.30. The number of rotatable bonds is 6. The van der Waals surface area contributed by atoms with E-state index in [0.29, 0.717) is 28.6 Å². The van der Waals surface area contributed by atoms with E-state index in [1.807, 2.05) is 6.92 Å². The maximum absolute atomic E-state index is 12.1. The summed E-state index contributed by atoms with van der Waals surface area (Å²) in [5.74, 6) is 0.247. The molecule has 1 aromatic heterocycles. The summed E-state index contributed by atoms with van der Waals surface area (Å²) < 4.78 is 4.88. The average molecular weight is 337 g/mol. The molecule has 0 bridgehead atoms. The number of aryl methyl sites for hydroxylation is 1. The molecule has 0 fully saturated rings. The molecule has 0 spiro atoms. The summed E-state index contributed by atoms with van der Waals surface area (Å²) >= 11 is 5.77. The van der Waals surface area contributed by atoms with Crippen molar-refractivity contribution in [1.29, 1.82) is 0 Å². The molecule has 0 saturated heterocycles. The first-order valence-electron chi connectivity index (χ1n) is 7.05. The summed E-state index contributed by atoms with van der Waals surface area (Å²) in [7, 11) is 0. The Balaban J connectivity index is 1.89. The minimum atomic E-state index is -0.608. The number of anilines is 1. The number of halogens is 1. The zero-order chi connectivity index (χ0) is 16.8. The van der Waals surface area contributed by atoms with Crippen LogP contribution in [0.25, 0.3) is 0 Å². The van der Waals surface area contributed by atoms with Crippen LogP contribution < -0.4 is 16.2 Å². The Hall–Kier alpha value is -2.38. The number of benzene rings is 1. The van der Waals surface area contributed by atoms with Crippen LogP contribution in [-0.4, -0.2) is 23.0 Å². The van der Waals surface area contributed by atoms with Gasteiger partial charge in [-0.1, -0.05) is 23.7 Å². The van der Waals surface area contributed by atoms with Crippen LogP contribution in [0.1, 0.15) is 29.5 Å². The van der Waals surface area contributed by atoms with Gasteiger partial charge in [0.2, 0.25) is 5.91 Å². The Morgan fingerprint density at radius 1 is 1.30 bits per heavy atom. The molecule has 1 aromatic carbocycles. The van der Waals surface area contributed by atoms with Crippen LogP contribution in [0.5, 0.6) is 0 Å². The first-order valence-corrected chi connectivity index (χ1v) is 7.43. The number of hydrazine groups is 1. The molecule has 3 N–H and O–H groups in total. The second kappa shape index (κ2) is 7.75. The van der Waals surface area contributed by atoms with Crippen LogP contribution in [0.2, 0.25) is 5.02 Å². The monoisotopic (exact) mass is 336 g/mol. The van der Waals surface area contributed by atoms with Crippen LogP contribution >= 0.6 is 11.6 Å². The number of amides is 2. The third-order valence-corrected chi connectivity index (χ3v) is 3.32. The lowest BCUT2D eigenvalue weighted by atomic mass is 10.2. The lowest BCUT2D eigenvalue weighted by Crippen LogP contribution is -2.49. The number of hydrogen-bond acceptors (Lipinski definition) is 5. The Bertz CT molecular complexity index is 684. The fourth-order valence-corrected chi connectivity index (χ4v) is 1.94. The lowest BCUT2D eigenvalue weighted by Gasteiger charge is -2.16. The summed E-state index contributed by atoms with van der Waals surface area (Å²) in [6.45, 7) is 3.55. The van der Waals surface area contributed by atoms with E-state index in [2.05, 4.69) is 21.3 Å². The maximum Gasteiger partial charge on any atom is 0.265 e. The highest BCUT2D eigenvalue weighted by Crippen LogP contribution is 2.10. The van der Waals surface area contributed by atoms with Crippen molar-refractivity contribution < 1.29 is 14.1 Å². The molecule has 0 aliphatic carbocycles. The van der Waals surface area contributed by atoms with Gasteiger partial charge in [0.1, 0.15) is 11.8 Å². The number of nitrogens with one attached hydrogen (secondary N) is 3. The maximum atomic E-state index is 12.1. The summed E-state index contributed by atoms with van der Waals surface area (Å²) in [4.78, 5) is 24.1. The van der Waals surface area contributed by atoms with Gasteiger partial charge in [0, 0.05) is 16.7 Å². The molecule has 0 radical (unpaired) electrons. The van der Waals surface area contributed by atoms with Gasteiger partial charge >= 0.3 is 0 Å². The summed E-state index contributed by atoms with van der Waals surface area (Å²) in [5.41, 5.74) is 5.65. The SMILES string of the molecule is CCC(NNC(=O)c1ccc(Cl)cc1)C(=O)Nc1cc(C)on1. The molecule has 0 aliphatic heterocycles. The van der Waals surface area contributed by atoms with Crippen LogP contribution in [0.15, 0.2) is 34.9 Å². The van der Waals surface area contributed by atoms with Crippen molar-refractivity contribution in [2.45, 2.75) is 26.3 Å². The lowest BCUT2D eigenvalue weighted by molar-refractivity contribution is -0.118. The number of hydrogen-bond donors (Lipinski definition) is 3. The zero-order valence-corrected chi connectivity index (χ0v) is 13.5. The van der Waals surface area contributed by atoms with E-state index in [4.69, 9.17) is 16.1 Å². The average Bonchev–Trinajstić information content (AvgIpc) is 2.93. The molecule has 1 heterocycles. The predicted molar refractivity (Wildman–Crippen MR) is 86.0 cm³/mol. The van der Waals surface area contributed by atoms with Gasteiger partial charge in [-0.3, -0.25) is 15.0 Å². The van der Waals surface area contributed by atoms with Crippen molar-refractivity contribution in [3.05, 3.63) is 46.7 Å². The topological polar surface area (TPSA) is 96.3 Å². The second-order valence-electron chi connectivity index (χ2n) is 4.88. The van der Waals surface area contributed by atoms with Gasteiger partial charge in [0.25, 0.3) is 5.91 Å². The molecular weight excluding hydrogens is 320 g/mol. The van der Waals surface area contributed by atoms with Crippen LogP contribution in [0, 0.1) is 6.92 Å². The number of carbonyl (C=O) groups excluding carboxylic acids is 2. The van der Waals surface area contributed by atoms with Gasteiger partial charge in [-0.2, -0.15) is 0 Å². The molecule has 8 heteroatoms. The van der Waals surface area contributed by atoms with Crippen molar-refractivity contribution in [3.8, 4) is 0 Å². The number of nitrogens with zero attached hydrogens (tertiary/aromatic N) is 1. The summed E-state index contributed by atoms with van der Waals surface area (Å²) in [6.07, 6.45) is 0.476. The smallest absolute Gasteiger partial charge is 0.265 e. The van der Waals surface area contributed by atoms with E-state index in [9.17, 15) is 9.59 Å². The molecule has 0 saturated carbocycles. The Kier molecular flexibility index (Phi) is 5.72. The van der Waals surface area contributed by atoms with Gasteiger partial charge in [0.05, 0.1) is 0 Å². The van der Waals surface area contributed by atoms with E-state index in [0.717, 1.165) is 0 Å². The highest BCUT2D eigenvalue weighted by Gasteiger charge is 2.18. The molecule has 0 aliphatic rings. The van der Waals surface area contributed by atoms with E-state index in [1.165, 1.54) is 0 Å². The Morgan fingerprint density at radius 2 is 2.00 bits per heavy atom. The van der Waals surface area contributed by atoms with Gasteiger partial charge in [-0.25, -0.2) is 5.43 Å². The van der Waals surface area contributed by atoms with Gasteiger partial charge in [-0.05, 0) is 37.6 Å². The molecule has 2 aromatic rings. The van der Waals surface area contributed by atoms with Crippen LogP contribution in [0.4, 0.5) is 5.82 Å². The van der Waals surface area contributed by atoms with Gasteiger partial charge in [0.15, 0.2) is 5.82 Å². The molecule has 2 amide bonds. The molecular formula is C15H17ClN4O3. The third-order valence-electron chi connectivity index (χ3n) is 3.07. The third kappa shape index (κ3) is 4.80. The molecule has 2 rings (SSSR count). The predicted octanol–water partition coefficient (Wildman–Crippen LogP) is 2.29. The van der Waals surface area contributed by atoms with Crippen molar-refractivity contribution in [2.24, 2.45) is 0 Å². The fraction of sp³-hybridized carbons (Fsp3) is 0.267. The van der Waals surface area contributed by atoms with Crippen LogP contribution in [-0.2, 0) is 4.79 Å². The molecule has 7 nitrogen and oxygen atoms in total. The molecule has 23 heavy (non-hydrogen) atoms. The molecule has 1 unspecified atom stereocenters. The first kappa shape index (κ1) is 17.0. The van der Waals surface area contributed by atoms with Crippen molar-refractivity contribution >= 4 is 29.2 Å². The van der Waals surface area contributed by atoms with Crippen molar-refractivity contribution in [3.63, 3.8) is 0 Å². The second-order valence-corrected chi connectivity index (χ2v) is 5.31. The van der Waals surface area contributed by atoms with E-state index in [-0.39, 0.29) is 11.8 Å². The van der Waals surface area contributed by atoms with E-state index >= 15 is 0 Å². The standard InChI is InChI=1S/C15H17ClN4O3/c1-3-12(15(22)17-13-8-9(2)23-20-13)18-19-14(21)10-4-6-11(16)7-5-10/h4-8,12,18H,3H2,1-2H3,(H,19,21)(H,17,20,22). The summed E-state index contributed by atoms with van der Waals surface area (Å²) in [5, 5.41) is 6.84. The Morgan fingerprint density at radius 3 is 2.57 bits per heavy atom. The molecule has 1 atom stereocenters. The molecule has 122 valence electrons. The van der Waals surface area contributed by atoms with Crippen molar-refractivity contribution in [1.82, 2.24) is 16.0 Å². The largest absolute Gasteiger partial charge is 0.360 e. The summed E-state index contributed by atoms with van der Waals surface area (Å²) in [6, 6.07) is 7.43. The minimum Gasteiger partial charge on any atom is -0.360 e. The first-order chi connectivity index (χ1) is 11.0. The van der Waals surface area contributed by atoms with Crippen LogP contribution in [0.3, 0.4) is 0 Å². The minimum absolute atomic E-state index is 0.322. The highest BCUT2D eigenvalue weighted by atomic mass is 35.5. The van der Waals surface area contributed by atoms with Crippen molar-refractivity contribution in [2.75, 3.05) is 5.32 Å².